The van der Waals surface area contributed by atoms with Crippen molar-refractivity contribution >= 4 is 0 Å². The summed E-state index contributed by atoms with van der Waals surface area (Å²) in [6, 6.07) is 10.5. The summed E-state index contributed by atoms with van der Waals surface area (Å²) in [5, 5.41) is 0. The maximum Gasteiger partial charge on any atom is 0.170 e. The van der Waals surface area contributed by atoms with Gasteiger partial charge in [0.2, 0.25) is 0 Å². The first-order valence-corrected chi connectivity index (χ1v) is 6.58. The van der Waals surface area contributed by atoms with Gasteiger partial charge in [0.25, 0.3) is 0 Å². The molecule has 0 aliphatic carbocycles. The van der Waals surface area contributed by atoms with Crippen molar-refractivity contribution < 1.29 is 9.47 Å². The Morgan fingerprint density at radius 2 is 2.17 bits per heavy atom. The fourth-order valence-corrected chi connectivity index (χ4v) is 2.05. The molecule has 4 nitrogen and oxygen atoms in total. The summed E-state index contributed by atoms with van der Waals surface area (Å²) in [7, 11) is 0. The molecule has 2 rings (SSSR count). The average molecular weight is 250 g/mol. The van der Waals surface area contributed by atoms with Gasteiger partial charge in [-0.3, -0.25) is 4.90 Å². The van der Waals surface area contributed by atoms with Crippen molar-refractivity contribution in [2.45, 2.75) is 19.3 Å². The Hall–Kier alpha value is -0.940. The summed E-state index contributed by atoms with van der Waals surface area (Å²) in [4.78, 5) is 2.37. The van der Waals surface area contributed by atoms with Gasteiger partial charge < -0.3 is 15.2 Å². The van der Waals surface area contributed by atoms with Gasteiger partial charge in [-0.2, -0.15) is 0 Å². The molecule has 1 aliphatic heterocycles. The van der Waals surface area contributed by atoms with E-state index < -0.39 is 0 Å². The molecule has 4 heteroatoms. The normalized spacial score (nSPS) is 21.1. The van der Waals surface area contributed by atoms with Crippen LogP contribution in [-0.2, 0) is 16.0 Å². The number of hydrogen-bond acceptors (Lipinski definition) is 4. The lowest BCUT2D eigenvalue weighted by Crippen LogP contribution is -2.43. The number of nitrogens with zero attached hydrogens (tertiary/aromatic N) is 1. The van der Waals surface area contributed by atoms with Crippen LogP contribution in [0.25, 0.3) is 0 Å². The number of nitrogens with two attached hydrogens (primary N) is 1. The van der Waals surface area contributed by atoms with Gasteiger partial charge in [-0.1, -0.05) is 30.3 Å². The molecule has 1 aliphatic rings. The minimum atomic E-state index is -0.103. The van der Waals surface area contributed by atoms with E-state index in [1.165, 1.54) is 5.56 Å². The molecule has 0 spiro atoms. The van der Waals surface area contributed by atoms with E-state index in [0.717, 1.165) is 32.7 Å². The van der Waals surface area contributed by atoms with Crippen molar-refractivity contribution in [3.63, 3.8) is 0 Å². The molecule has 2 N–H and O–H groups in total. The summed E-state index contributed by atoms with van der Waals surface area (Å²) in [6.07, 6.45) is 0.785. The third kappa shape index (κ3) is 4.38. The maximum absolute atomic E-state index is 5.65. The molecule has 1 heterocycles. The highest BCUT2D eigenvalue weighted by Gasteiger charge is 2.20. The van der Waals surface area contributed by atoms with E-state index in [0.29, 0.717) is 13.2 Å². The molecule has 1 saturated heterocycles. The smallest absolute Gasteiger partial charge is 0.170 e. The number of benzene rings is 1. The molecular formula is C14H22N2O2. The van der Waals surface area contributed by atoms with Crippen LogP contribution in [0.2, 0.25) is 0 Å². The molecule has 0 saturated carbocycles. The highest BCUT2D eigenvalue weighted by atomic mass is 16.7. The summed E-state index contributed by atoms with van der Waals surface area (Å²) < 4.78 is 11.2. The lowest BCUT2D eigenvalue weighted by Gasteiger charge is -2.32. The first kappa shape index (κ1) is 13.5. The zero-order chi connectivity index (χ0) is 12.6. The van der Waals surface area contributed by atoms with Gasteiger partial charge in [-0.15, -0.1) is 0 Å². The van der Waals surface area contributed by atoms with Crippen LogP contribution in [0.3, 0.4) is 0 Å². The van der Waals surface area contributed by atoms with Gasteiger partial charge >= 0.3 is 0 Å². The van der Waals surface area contributed by atoms with E-state index >= 15 is 0 Å². The second-order valence-corrected chi connectivity index (χ2v) is 4.53. The van der Waals surface area contributed by atoms with E-state index in [1.807, 2.05) is 6.07 Å². The molecule has 1 atom stereocenters. The Kier molecular flexibility index (Phi) is 5.61. The van der Waals surface area contributed by atoms with E-state index in [1.54, 1.807) is 0 Å². The fourth-order valence-electron chi connectivity index (χ4n) is 2.05. The Balaban J connectivity index is 1.76. The molecule has 1 aromatic rings. The van der Waals surface area contributed by atoms with Crippen LogP contribution >= 0.6 is 0 Å². The minimum Gasteiger partial charge on any atom is -0.351 e. The SMILES string of the molecule is NCCCOC1CN(Cc2ccccc2)CCO1. The lowest BCUT2D eigenvalue weighted by atomic mass is 10.2. The van der Waals surface area contributed by atoms with Crippen molar-refractivity contribution in [3.8, 4) is 0 Å². The van der Waals surface area contributed by atoms with Crippen molar-refractivity contribution in [2.75, 3.05) is 32.8 Å². The van der Waals surface area contributed by atoms with Crippen LogP contribution < -0.4 is 5.73 Å². The van der Waals surface area contributed by atoms with Crippen LogP contribution in [-0.4, -0.2) is 44.0 Å². The second-order valence-electron chi connectivity index (χ2n) is 4.53. The largest absolute Gasteiger partial charge is 0.351 e. The van der Waals surface area contributed by atoms with Crippen LogP contribution in [0.1, 0.15) is 12.0 Å². The summed E-state index contributed by atoms with van der Waals surface area (Å²) >= 11 is 0. The monoisotopic (exact) mass is 250 g/mol. The third-order valence-electron chi connectivity index (χ3n) is 3.02. The van der Waals surface area contributed by atoms with Crippen LogP contribution in [0.15, 0.2) is 30.3 Å². The zero-order valence-corrected chi connectivity index (χ0v) is 10.8. The molecule has 0 amide bonds. The standard InChI is InChI=1S/C14H22N2O2/c15-7-4-9-17-14-12-16(8-10-18-14)11-13-5-2-1-3-6-13/h1-3,5-6,14H,4,7-12,15H2. The average Bonchev–Trinajstić information content (AvgIpc) is 2.41. The molecule has 18 heavy (non-hydrogen) atoms. The highest BCUT2D eigenvalue weighted by molar-refractivity contribution is 5.14. The molecular weight excluding hydrogens is 228 g/mol. The quantitative estimate of drug-likeness (QED) is 0.771. The summed E-state index contributed by atoms with van der Waals surface area (Å²) in [5.74, 6) is 0. The fraction of sp³-hybridized carbons (Fsp3) is 0.571. The van der Waals surface area contributed by atoms with Gasteiger partial charge in [-0.25, -0.2) is 0 Å². The Morgan fingerprint density at radius 1 is 1.33 bits per heavy atom. The van der Waals surface area contributed by atoms with E-state index in [2.05, 4.69) is 29.2 Å². The van der Waals surface area contributed by atoms with E-state index in [-0.39, 0.29) is 6.29 Å². The summed E-state index contributed by atoms with van der Waals surface area (Å²) in [6.45, 7) is 4.84. The van der Waals surface area contributed by atoms with E-state index in [9.17, 15) is 0 Å². The predicted octanol–water partition coefficient (Wildman–Crippen LogP) is 1.21. The molecule has 1 aromatic carbocycles. The van der Waals surface area contributed by atoms with Crippen LogP contribution in [0, 0.1) is 0 Å². The molecule has 0 aromatic heterocycles. The Bertz CT molecular complexity index is 332. The topological polar surface area (TPSA) is 47.7 Å². The zero-order valence-electron chi connectivity index (χ0n) is 10.8. The van der Waals surface area contributed by atoms with Crippen molar-refractivity contribution in [1.29, 1.82) is 0 Å². The number of rotatable bonds is 6. The van der Waals surface area contributed by atoms with Crippen molar-refractivity contribution in [1.82, 2.24) is 4.90 Å². The van der Waals surface area contributed by atoms with Crippen molar-refractivity contribution in [3.05, 3.63) is 35.9 Å². The molecule has 0 radical (unpaired) electrons. The third-order valence-corrected chi connectivity index (χ3v) is 3.02. The van der Waals surface area contributed by atoms with Gasteiger partial charge in [0.15, 0.2) is 6.29 Å². The first-order valence-electron chi connectivity index (χ1n) is 6.58. The number of morpholine rings is 1. The molecule has 0 bridgehead atoms. The minimum absolute atomic E-state index is 0.103. The van der Waals surface area contributed by atoms with Gasteiger partial charge in [-0.05, 0) is 18.5 Å². The van der Waals surface area contributed by atoms with Gasteiger partial charge in [0.05, 0.1) is 13.2 Å². The molecule has 1 unspecified atom stereocenters. The molecule has 100 valence electrons. The summed E-state index contributed by atoms with van der Waals surface area (Å²) in [5.41, 5.74) is 6.78. The van der Waals surface area contributed by atoms with Gasteiger partial charge in [0, 0.05) is 19.6 Å². The Labute approximate surface area is 109 Å². The van der Waals surface area contributed by atoms with Crippen LogP contribution in [0.4, 0.5) is 0 Å². The number of hydrogen-bond donors (Lipinski definition) is 1. The highest BCUT2D eigenvalue weighted by Crippen LogP contribution is 2.11. The first-order chi connectivity index (χ1) is 8.88. The lowest BCUT2D eigenvalue weighted by molar-refractivity contribution is -0.180. The molecule has 1 fully saturated rings. The Morgan fingerprint density at radius 3 is 2.94 bits per heavy atom. The van der Waals surface area contributed by atoms with E-state index in [4.69, 9.17) is 15.2 Å². The predicted molar refractivity (Wildman–Crippen MR) is 71.1 cm³/mol. The maximum atomic E-state index is 5.65. The number of ether oxygens (including phenoxy) is 2. The second kappa shape index (κ2) is 7.48. The van der Waals surface area contributed by atoms with Crippen LogP contribution in [0.5, 0.6) is 0 Å². The van der Waals surface area contributed by atoms with Gasteiger partial charge in [0.1, 0.15) is 0 Å². The van der Waals surface area contributed by atoms with Crippen molar-refractivity contribution in [2.24, 2.45) is 5.73 Å².